The zero-order valence-corrected chi connectivity index (χ0v) is 40.2. The number of ether oxygens (including phenoxy) is 2. The van der Waals surface area contributed by atoms with Crippen molar-refractivity contribution in [3.8, 4) is 5.75 Å². The van der Waals surface area contributed by atoms with Gasteiger partial charge in [-0.25, -0.2) is 4.79 Å². The highest BCUT2D eigenvalue weighted by Crippen LogP contribution is 2.25. The van der Waals surface area contributed by atoms with Crippen molar-refractivity contribution >= 4 is 35.5 Å². The summed E-state index contributed by atoms with van der Waals surface area (Å²) < 4.78 is 11.6. The van der Waals surface area contributed by atoms with Crippen LogP contribution < -0.4 is 26.0 Å². The van der Waals surface area contributed by atoms with Crippen molar-refractivity contribution in [1.29, 1.82) is 0 Å². The minimum absolute atomic E-state index is 0.0142. The van der Waals surface area contributed by atoms with Gasteiger partial charge in [0, 0.05) is 32.6 Å². The van der Waals surface area contributed by atoms with Gasteiger partial charge in [0.1, 0.15) is 42.1 Å². The highest BCUT2D eigenvalue weighted by atomic mass is 16.5. The summed E-state index contributed by atoms with van der Waals surface area (Å²) in [5.41, 5.74) is 0.720. The Bertz CT molecular complexity index is 1670. The normalized spacial score (nSPS) is 27.5. The van der Waals surface area contributed by atoms with Gasteiger partial charge < -0.3 is 50.5 Å². The van der Waals surface area contributed by atoms with Gasteiger partial charge in [-0.15, -0.1) is 0 Å². The maximum Gasteiger partial charge on any atom is 0.329 e. The molecule has 16 nitrogen and oxygen atoms in total. The molecule has 10 atom stereocenters. The number of nitrogens with one attached hydrogen (secondary N) is 4. The summed E-state index contributed by atoms with van der Waals surface area (Å²) in [6, 6.07) is 1.00. The third kappa shape index (κ3) is 15.2. The summed E-state index contributed by atoms with van der Waals surface area (Å²) in [7, 11) is 7.00. The topological polar surface area (TPSA) is 199 Å². The number of aliphatic hydroxyl groups excluding tert-OH is 1. The fourth-order valence-electron chi connectivity index (χ4n) is 8.49. The lowest BCUT2D eigenvalue weighted by atomic mass is 9.91. The molecule has 5 amide bonds. The first-order valence-corrected chi connectivity index (χ1v) is 23.0. The quantitative estimate of drug-likeness (QED) is 0.172. The molecule has 1 aromatic rings. The fourth-order valence-corrected chi connectivity index (χ4v) is 8.49. The lowest BCUT2D eigenvalue weighted by molar-refractivity contribution is -0.162. The average molecular weight is 886 g/mol. The molecule has 0 radical (unpaired) electrons. The maximum atomic E-state index is 14.7. The Morgan fingerprint density at radius 3 is 2.13 bits per heavy atom. The number of cyclic esters (lactones) is 1. The van der Waals surface area contributed by atoms with Crippen LogP contribution in [0.5, 0.6) is 5.75 Å². The van der Waals surface area contributed by atoms with Crippen molar-refractivity contribution in [2.45, 2.75) is 162 Å². The van der Waals surface area contributed by atoms with Crippen molar-refractivity contribution in [2.75, 3.05) is 41.3 Å². The summed E-state index contributed by atoms with van der Waals surface area (Å²) in [5, 5.41) is 23.7. The molecule has 2 aliphatic heterocycles. The highest BCUT2D eigenvalue weighted by Gasteiger charge is 2.43. The van der Waals surface area contributed by atoms with Crippen LogP contribution in [0.3, 0.4) is 0 Å². The molecule has 2 saturated heterocycles. The lowest BCUT2D eigenvalue weighted by Gasteiger charge is -2.36. The number of likely N-dealkylation sites (N-methyl/N-ethyl adjacent to an activating group) is 2. The van der Waals surface area contributed by atoms with Gasteiger partial charge >= 0.3 is 5.97 Å². The molecule has 2 fully saturated rings. The summed E-state index contributed by atoms with van der Waals surface area (Å²) in [5.74, 6) is -3.09. The monoisotopic (exact) mass is 886 g/mol. The Morgan fingerprint density at radius 2 is 1.57 bits per heavy atom. The van der Waals surface area contributed by atoms with Gasteiger partial charge in [0.25, 0.3) is 0 Å². The van der Waals surface area contributed by atoms with E-state index in [2.05, 4.69) is 40.0 Å². The molecule has 2 aliphatic rings. The Hall–Kier alpha value is -4.28. The van der Waals surface area contributed by atoms with Crippen molar-refractivity contribution in [1.82, 2.24) is 36.0 Å². The molecule has 0 unspecified atom stereocenters. The van der Waals surface area contributed by atoms with Gasteiger partial charge in [-0.3, -0.25) is 24.0 Å². The highest BCUT2D eigenvalue weighted by molar-refractivity contribution is 5.95. The molecule has 5 N–H and O–H groups in total. The predicted octanol–water partition coefficient (Wildman–Crippen LogP) is 2.89. The van der Waals surface area contributed by atoms with Gasteiger partial charge in [-0.2, -0.15) is 0 Å². The van der Waals surface area contributed by atoms with E-state index in [-0.39, 0.29) is 37.3 Å². The van der Waals surface area contributed by atoms with Crippen molar-refractivity contribution in [3.05, 3.63) is 29.8 Å². The van der Waals surface area contributed by atoms with E-state index in [4.69, 9.17) is 9.47 Å². The van der Waals surface area contributed by atoms with Gasteiger partial charge in [-0.1, -0.05) is 73.9 Å². The lowest BCUT2D eigenvalue weighted by Crippen LogP contribution is -2.60. The summed E-state index contributed by atoms with van der Waals surface area (Å²) in [4.78, 5) is 90.9. The molecule has 2 heterocycles. The van der Waals surface area contributed by atoms with Crippen LogP contribution in [0.4, 0.5) is 0 Å². The minimum atomic E-state index is -1.35. The molecule has 63 heavy (non-hydrogen) atoms. The van der Waals surface area contributed by atoms with Crippen LogP contribution in [0.25, 0.3) is 0 Å². The molecular formula is C47H79N7O9. The van der Waals surface area contributed by atoms with Crippen molar-refractivity contribution in [2.24, 2.45) is 23.7 Å². The number of carbonyl (C=O) groups excluding carboxylic acids is 6. The van der Waals surface area contributed by atoms with E-state index in [0.717, 1.165) is 12.0 Å². The third-order valence-electron chi connectivity index (χ3n) is 12.6. The molecule has 3 rings (SSSR count). The van der Waals surface area contributed by atoms with E-state index in [1.54, 1.807) is 52.1 Å². The van der Waals surface area contributed by atoms with E-state index in [9.17, 15) is 33.9 Å². The van der Waals surface area contributed by atoms with Crippen LogP contribution in [-0.2, 0) is 39.9 Å². The summed E-state index contributed by atoms with van der Waals surface area (Å²) in [6.45, 7) is 17.7. The molecule has 16 heteroatoms. The Labute approximate surface area is 376 Å². The Kier molecular flexibility index (Phi) is 20.8. The number of nitrogens with zero attached hydrogens (tertiary/aromatic N) is 3. The minimum Gasteiger partial charge on any atom is -0.497 e. The van der Waals surface area contributed by atoms with Crippen LogP contribution >= 0.6 is 0 Å². The van der Waals surface area contributed by atoms with E-state index < -0.39 is 96.3 Å². The molecular weight excluding hydrogens is 807 g/mol. The van der Waals surface area contributed by atoms with E-state index in [0.29, 0.717) is 37.5 Å². The molecule has 0 bridgehead atoms. The zero-order valence-electron chi connectivity index (χ0n) is 40.2. The third-order valence-corrected chi connectivity index (χ3v) is 12.6. The average Bonchev–Trinajstić information content (AvgIpc) is 3.71. The number of esters is 1. The van der Waals surface area contributed by atoms with Crippen LogP contribution in [0, 0.1) is 23.7 Å². The number of carbonyl (C=O) groups is 6. The van der Waals surface area contributed by atoms with Crippen LogP contribution in [0.15, 0.2) is 24.3 Å². The van der Waals surface area contributed by atoms with Gasteiger partial charge in [0.05, 0.1) is 25.7 Å². The largest absolute Gasteiger partial charge is 0.497 e. The predicted molar refractivity (Wildman–Crippen MR) is 242 cm³/mol. The standard InChI is InChI=1S/C47H79N7O9/c1-14-30(8)41-38(55)25-39(56)50-40(29(6)7)43(57)49-35(23-28(4)5)45(59)54-21-15-16-36(54)46(60)53(12)37(24-32-17-19-34(62-13)20-18-32)47(61)63-31(9)42(44(58)51-41)48-26-33(52(10)11)22-27(2)3/h17-20,27-31,33,35-38,40-42,48,55H,14-16,21-26H2,1-13H3,(H,49,57)(H,50,56)(H,51,58)/t30-,31+,33+,35-,36-,37-,38-,40-,41+,42-/m0/s1. The molecule has 0 aromatic heterocycles. The van der Waals surface area contributed by atoms with E-state index in [1.807, 2.05) is 41.8 Å². The number of amides is 5. The van der Waals surface area contributed by atoms with Crippen LogP contribution in [0.1, 0.15) is 106 Å². The van der Waals surface area contributed by atoms with E-state index >= 15 is 0 Å². The van der Waals surface area contributed by atoms with E-state index in [1.165, 1.54) is 16.8 Å². The second kappa shape index (κ2) is 24.7. The second-order valence-electron chi connectivity index (χ2n) is 19.2. The van der Waals surface area contributed by atoms with Crippen LogP contribution in [0.2, 0.25) is 0 Å². The smallest absolute Gasteiger partial charge is 0.329 e. The summed E-state index contributed by atoms with van der Waals surface area (Å²) >= 11 is 0. The first-order chi connectivity index (χ1) is 29.6. The van der Waals surface area contributed by atoms with Gasteiger partial charge in [0.15, 0.2) is 0 Å². The Morgan fingerprint density at radius 1 is 0.921 bits per heavy atom. The second-order valence-corrected chi connectivity index (χ2v) is 19.2. The molecule has 0 saturated carbocycles. The SMILES string of the molecule is CC[C@H](C)[C@H]1NC(=O)[C@@H](NC[C@@H](CC(C)C)N(C)C)[C@@H](C)OC(=O)[C@H](Cc2ccc(OC)cc2)N(C)C(=O)[C@@H]2CCCN2C(=O)[C@H](CC(C)C)NC(=O)[C@H](C(C)C)NC(=O)C[C@@H]1O. The summed E-state index contributed by atoms with van der Waals surface area (Å²) in [6.07, 6.45) is -0.259. The number of rotatable bonds is 14. The fraction of sp³-hybridized carbons (Fsp3) is 0.745. The van der Waals surface area contributed by atoms with Crippen molar-refractivity contribution < 1.29 is 43.3 Å². The van der Waals surface area contributed by atoms with Gasteiger partial charge in [0.2, 0.25) is 29.5 Å². The molecule has 356 valence electrons. The Balaban J connectivity index is 2.20. The molecule has 0 aliphatic carbocycles. The van der Waals surface area contributed by atoms with Crippen molar-refractivity contribution in [3.63, 3.8) is 0 Å². The number of benzene rings is 1. The molecule has 1 aromatic carbocycles. The number of aliphatic hydroxyl groups is 1. The number of hydrogen-bond donors (Lipinski definition) is 5. The van der Waals surface area contributed by atoms with Crippen LogP contribution in [-0.4, -0.2) is 151 Å². The number of fused-ring (bicyclic) bond motifs is 1. The number of methoxy groups -OCH3 is 1. The number of hydrogen-bond acceptors (Lipinski definition) is 11. The first-order valence-electron chi connectivity index (χ1n) is 23.0. The zero-order chi connectivity index (χ0) is 47.3. The van der Waals surface area contributed by atoms with Gasteiger partial charge in [-0.05, 0) is 88.1 Å². The molecule has 0 spiro atoms. The first kappa shape index (κ1) is 53.1. The maximum absolute atomic E-state index is 14.7.